The van der Waals surface area contributed by atoms with E-state index < -0.39 is 0 Å². The predicted molar refractivity (Wildman–Crippen MR) is 36.3 cm³/mol. The van der Waals surface area contributed by atoms with Gasteiger partial charge in [-0.1, -0.05) is 0 Å². The highest BCUT2D eigenvalue weighted by molar-refractivity contribution is 6.12. The second kappa shape index (κ2) is 1.83. The van der Waals surface area contributed by atoms with Gasteiger partial charge in [0, 0.05) is 10.2 Å². The summed E-state index contributed by atoms with van der Waals surface area (Å²) in [6, 6.07) is 0. The Balaban J connectivity index is 2.10. The molecule has 0 aliphatic heterocycles. The number of rotatable bonds is 0. The standard InChI is InChI=1S/C7H11OSi/c8-6-2-5-1-4(6)3-7(5)9/h4-8H,1-3H2. The molecule has 1 nitrogen and oxygen atoms in total. The summed E-state index contributed by atoms with van der Waals surface area (Å²) in [6.45, 7) is 0. The minimum absolute atomic E-state index is 0.0302. The van der Waals surface area contributed by atoms with Crippen molar-refractivity contribution >= 4 is 10.2 Å². The van der Waals surface area contributed by atoms with Crippen LogP contribution >= 0.6 is 0 Å². The lowest BCUT2D eigenvalue weighted by Gasteiger charge is -2.20. The van der Waals surface area contributed by atoms with E-state index in [4.69, 9.17) is 0 Å². The molecule has 4 unspecified atom stereocenters. The van der Waals surface area contributed by atoms with Gasteiger partial charge in [0.05, 0.1) is 6.10 Å². The zero-order chi connectivity index (χ0) is 6.43. The van der Waals surface area contributed by atoms with Gasteiger partial charge in [-0.15, -0.1) is 0 Å². The fraction of sp³-hybridized carbons (Fsp3) is 1.00. The van der Waals surface area contributed by atoms with Crippen LogP contribution in [0.15, 0.2) is 0 Å². The van der Waals surface area contributed by atoms with Gasteiger partial charge in [-0.2, -0.15) is 0 Å². The van der Waals surface area contributed by atoms with Gasteiger partial charge in [0.1, 0.15) is 0 Å². The fourth-order valence-electron chi connectivity index (χ4n) is 2.25. The van der Waals surface area contributed by atoms with Crippen LogP contribution in [0.2, 0.25) is 5.54 Å². The van der Waals surface area contributed by atoms with E-state index in [2.05, 4.69) is 10.2 Å². The molecule has 2 aliphatic carbocycles. The van der Waals surface area contributed by atoms with Crippen LogP contribution in [-0.2, 0) is 0 Å². The van der Waals surface area contributed by atoms with Crippen molar-refractivity contribution in [3.63, 3.8) is 0 Å². The van der Waals surface area contributed by atoms with Gasteiger partial charge in [-0.25, -0.2) is 0 Å². The second-order valence-electron chi connectivity index (χ2n) is 3.40. The van der Waals surface area contributed by atoms with Gasteiger partial charge in [0.25, 0.3) is 0 Å². The van der Waals surface area contributed by atoms with Crippen LogP contribution in [0.3, 0.4) is 0 Å². The molecule has 2 bridgehead atoms. The van der Waals surface area contributed by atoms with Crippen LogP contribution in [-0.4, -0.2) is 21.5 Å². The molecule has 0 heterocycles. The highest BCUT2D eigenvalue weighted by Crippen LogP contribution is 2.50. The molecule has 2 saturated carbocycles. The van der Waals surface area contributed by atoms with Gasteiger partial charge in [0.15, 0.2) is 0 Å². The molecule has 0 aromatic rings. The molecule has 0 saturated heterocycles. The topological polar surface area (TPSA) is 20.2 Å². The monoisotopic (exact) mass is 139 g/mol. The van der Waals surface area contributed by atoms with Crippen molar-refractivity contribution < 1.29 is 5.11 Å². The van der Waals surface area contributed by atoms with Crippen LogP contribution in [0.1, 0.15) is 19.3 Å². The summed E-state index contributed by atoms with van der Waals surface area (Å²) < 4.78 is 0. The molecule has 0 spiro atoms. The zero-order valence-corrected chi connectivity index (χ0v) is 6.38. The third-order valence-electron chi connectivity index (χ3n) is 2.82. The van der Waals surface area contributed by atoms with E-state index in [0.717, 1.165) is 12.3 Å². The van der Waals surface area contributed by atoms with Crippen molar-refractivity contribution in [1.82, 2.24) is 0 Å². The smallest absolute Gasteiger partial charge is 0.0571 e. The maximum Gasteiger partial charge on any atom is 0.0571 e. The SMILES string of the molecule is OC1CC2CC1CC2[Si]. The third-order valence-corrected chi connectivity index (χ3v) is 3.53. The molecule has 9 heavy (non-hydrogen) atoms. The van der Waals surface area contributed by atoms with E-state index in [1.807, 2.05) is 0 Å². The number of hydrogen-bond acceptors (Lipinski definition) is 1. The van der Waals surface area contributed by atoms with E-state index in [1.54, 1.807) is 0 Å². The summed E-state index contributed by atoms with van der Waals surface area (Å²) in [5.74, 6) is 1.40. The van der Waals surface area contributed by atoms with E-state index in [0.29, 0.717) is 11.5 Å². The van der Waals surface area contributed by atoms with E-state index in [-0.39, 0.29) is 6.10 Å². The van der Waals surface area contributed by atoms with Crippen LogP contribution in [0.4, 0.5) is 0 Å². The van der Waals surface area contributed by atoms with Gasteiger partial charge >= 0.3 is 0 Å². The Bertz CT molecular complexity index is 108. The Kier molecular flexibility index (Phi) is 1.20. The predicted octanol–water partition coefficient (Wildman–Crippen LogP) is 0.734. The largest absolute Gasteiger partial charge is 0.393 e. The Labute approximate surface area is 58.9 Å². The van der Waals surface area contributed by atoms with Gasteiger partial charge in [-0.3, -0.25) is 0 Å². The highest BCUT2D eigenvalue weighted by Gasteiger charge is 2.42. The average molecular weight is 139 g/mol. The summed E-state index contributed by atoms with van der Waals surface area (Å²) in [6.07, 6.45) is 3.53. The van der Waals surface area contributed by atoms with Crippen LogP contribution < -0.4 is 0 Å². The molecule has 1 N–H and O–H groups in total. The first-order valence-electron chi connectivity index (χ1n) is 3.66. The number of aliphatic hydroxyl groups is 1. The van der Waals surface area contributed by atoms with Crippen molar-refractivity contribution in [2.24, 2.45) is 11.8 Å². The molecule has 0 amide bonds. The lowest BCUT2D eigenvalue weighted by Crippen LogP contribution is -2.18. The number of fused-ring (bicyclic) bond motifs is 2. The number of hydrogen-bond donors (Lipinski definition) is 1. The van der Waals surface area contributed by atoms with Gasteiger partial charge in [-0.05, 0) is 36.6 Å². The lowest BCUT2D eigenvalue weighted by molar-refractivity contribution is 0.114. The Morgan fingerprint density at radius 2 is 1.89 bits per heavy atom. The highest BCUT2D eigenvalue weighted by atomic mass is 28.1. The quantitative estimate of drug-likeness (QED) is 0.491. The van der Waals surface area contributed by atoms with E-state index >= 15 is 0 Å². The third kappa shape index (κ3) is 0.766. The first kappa shape index (κ1) is 5.92. The lowest BCUT2D eigenvalue weighted by atomic mass is 9.97. The molecule has 2 fully saturated rings. The van der Waals surface area contributed by atoms with Crippen LogP contribution in [0, 0.1) is 11.8 Å². The Hall–Kier alpha value is 0.177. The normalized spacial score (nSPS) is 56.7. The molecule has 2 rings (SSSR count). The first-order chi connectivity index (χ1) is 4.27. The summed E-state index contributed by atoms with van der Waals surface area (Å²) in [4.78, 5) is 0. The van der Waals surface area contributed by atoms with Crippen LogP contribution in [0.5, 0.6) is 0 Å². The number of aliphatic hydroxyl groups excluding tert-OH is 1. The van der Waals surface area contributed by atoms with Gasteiger partial charge in [0.2, 0.25) is 0 Å². The minimum atomic E-state index is 0.0302. The molecule has 2 heteroatoms. The molecule has 0 aromatic carbocycles. The molecular formula is C7H11OSi. The summed E-state index contributed by atoms with van der Waals surface area (Å²) in [5, 5.41) is 9.32. The van der Waals surface area contributed by atoms with E-state index in [1.165, 1.54) is 12.8 Å². The fourth-order valence-corrected chi connectivity index (χ4v) is 2.82. The summed E-state index contributed by atoms with van der Waals surface area (Å²) in [7, 11) is 3.66. The van der Waals surface area contributed by atoms with Gasteiger partial charge < -0.3 is 5.11 Å². The molecular weight excluding hydrogens is 128 g/mol. The van der Waals surface area contributed by atoms with Crippen molar-refractivity contribution in [2.75, 3.05) is 0 Å². The molecule has 2 aliphatic rings. The van der Waals surface area contributed by atoms with Crippen molar-refractivity contribution in [3.05, 3.63) is 0 Å². The first-order valence-corrected chi connectivity index (χ1v) is 4.24. The molecule has 3 radical (unpaired) electrons. The van der Waals surface area contributed by atoms with Crippen molar-refractivity contribution in [1.29, 1.82) is 0 Å². The summed E-state index contributed by atoms with van der Waals surface area (Å²) >= 11 is 0. The maximum atomic E-state index is 9.32. The molecule has 0 aromatic heterocycles. The van der Waals surface area contributed by atoms with E-state index in [9.17, 15) is 5.11 Å². The zero-order valence-electron chi connectivity index (χ0n) is 5.38. The molecule has 4 atom stereocenters. The average Bonchev–Trinajstić information content (AvgIpc) is 2.24. The Morgan fingerprint density at radius 1 is 1.11 bits per heavy atom. The molecule has 49 valence electrons. The van der Waals surface area contributed by atoms with Crippen LogP contribution in [0.25, 0.3) is 0 Å². The minimum Gasteiger partial charge on any atom is -0.393 e. The van der Waals surface area contributed by atoms with Crippen molar-refractivity contribution in [2.45, 2.75) is 30.9 Å². The summed E-state index contributed by atoms with van der Waals surface area (Å²) in [5.41, 5.74) is 0.707. The van der Waals surface area contributed by atoms with Crippen molar-refractivity contribution in [3.8, 4) is 0 Å². The second-order valence-corrected chi connectivity index (χ2v) is 4.14. The Morgan fingerprint density at radius 3 is 2.22 bits per heavy atom. The maximum absolute atomic E-state index is 9.32.